The lowest BCUT2D eigenvalue weighted by molar-refractivity contribution is -0.129. The Hall–Kier alpha value is -3.14. The Labute approximate surface area is 185 Å². The van der Waals surface area contributed by atoms with Crippen molar-refractivity contribution in [3.05, 3.63) is 33.8 Å². The third-order valence-electron chi connectivity index (χ3n) is 5.85. The molecule has 0 aromatic carbocycles. The van der Waals surface area contributed by atoms with Crippen molar-refractivity contribution in [3.63, 3.8) is 0 Å². The molecule has 32 heavy (non-hydrogen) atoms. The molecule has 2 aromatic heterocycles. The van der Waals surface area contributed by atoms with E-state index in [2.05, 4.69) is 10.4 Å². The molecule has 1 saturated heterocycles. The van der Waals surface area contributed by atoms with Crippen molar-refractivity contribution in [2.24, 2.45) is 5.92 Å². The molecule has 0 spiro atoms. The molecule has 2 aliphatic rings. The molecule has 2 fully saturated rings. The van der Waals surface area contributed by atoms with Crippen molar-refractivity contribution in [2.75, 3.05) is 26.3 Å². The Bertz CT molecular complexity index is 1110. The van der Waals surface area contributed by atoms with Crippen LogP contribution in [0.15, 0.2) is 17.1 Å². The average molecular weight is 444 g/mol. The molecule has 10 nitrogen and oxygen atoms in total. The smallest absolute Gasteiger partial charge is 0.270 e. The SMILES string of the molecule is CC(C)Cn1c(=O)c(C(=O)NC2CCC2)c(O)n2ncc(C=CC(=O)N3CCOCC3)c12. The Kier molecular flexibility index (Phi) is 6.31. The zero-order valence-electron chi connectivity index (χ0n) is 18.4. The van der Waals surface area contributed by atoms with Crippen molar-refractivity contribution in [1.29, 1.82) is 0 Å². The molecule has 0 bridgehead atoms. The number of hydrogen-bond acceptors (Lipinski definition) is 6. The summed E-state index contributed by atoms with van der Waals surface area (Å²) < 4.78 is 7.92. The molecule has 10 heteroatoms. The minimum atomic E-state index is -0.591. The van der Waals surface area contributed by atoms with Gasteiger partial charge in [0, 0.05) is 37.3 Å². The number of hydrogen-bond donors (Lipinski definition) is 2. The number of carbonyl (C=O) groups excluding carboxylic acids is 2. The van der Waals surface area contributed by atoms with Gasteiger partial charge in [0.1, 0.15) is 5.65 Å². The van der Waals surface area contributed by atoms with Gasteiger partial charge < -0.3 is 20.1 Å². The predicted molar refractivity (Wildman–Crippen MR) is 117 cm³/mol. The van der Waals surface area contributed by atoms with Crippen LogP contribution in [0.1, 0.15) is 49.0 Å². The minimum Gasteiger partial charge on any atom is -0.492 e. The standard InChI is InChI=1S/C22H29N5O5/c1-14(2)13-26-20-15(6-7-17(28)25-8-10-32-11-9-25)12-23-27(20)22(31)18(21(26)30)19(29)24-16-4-3-5-16/h6-7,12,14,16,31H,3-5,8-11,13H2,1-2H3,(H,24,29). The zero-order valence-corrected chi connectivity index (χ0v) is 18.4. The Balaban J connectivity index is 1.74. The van der Waals surface area contributed by atoms with E-state index >= 15 is 0 Å². The van der Waals surface area contributed by atoms with E-state index in [9.17, 15) is 19.5 Å². The lowest BCUT2D eigenvalue weighted by Gasteiger charge is -2.26. The summed E-state index contributed by atoms with van der Waals surface area (Å²) in [5.74, 6) is -1.15. The second-order valence-electron chi connectivity index (χ2n) is 8.72. The largest absolute Gasteiger partial charge is 0.492 e. The summed E-state index contributed by atoms with van der Waals surface area (Å²) in [4.78, 5) is 40.2. The van der Waals surface area contributed by atoms with Crippen LogP contribution in [0.3, 0.4) is 0 Å². The van der Waals surface area contributed by atoms with Crippen LogP contribution in [-0.4, -0.2) is 68.3 Å². The fraction of sp³-hybridized carbons (Fsp3) is 0.545. The summed E-state index contributed by atoms with van der Waals surface area (Å²) in [6.45, 7) is 6.30. The van der Waals surface area contributed by atoms with Crippen molar-refractivity contribution in [3.8, 4) is 5.88 Å². The highest BCUT2D eigenvalue weighted by molar-refractivity contribution is 5.97. The van der Waals surface area contributed by atoms with Crippen LogP contribution in [0.25, 0.3) is 11.7 Å². The molecule has 2 N–H and O–H groups in total. The van der Waals surface area contributed by atoms with Gasteiger partial charge in [-0.3, -0.25) is 19.0 Å². The van der Waals surface area contributed by atoms with Crippen LogP contribution >= 0.6 is 0 Å². The molecule has 4 rings (SSSR count). The number of nitrogens with zero attached hydrogens (tertiary/aromatic N) is 4. The van der Waals surface area contributed by atoms with Crippen LogP contribution in [-0.2, 0) is 16.1 Å². The van der Waals surface area contributed by atoms with Crippen molar-refractivity contribution in [1.82, 2.24) is 24.4 Å². The summed E-state index contributed by atoms with van der Waals surface area (Å²) in [7, 11) is 0. The lowest BCUT2D eigenvalue weighted by Crippen LogP contribution is -2.43. The Morgan fingerprint density at radius 2 is 2.03 bits per heavy atom. The normalized spacial score (nSPS) is 17.3. The number of ether oxygens (including phenoxy) is 1. The molecule has 1 aliphatic heterocycles. The van der Waals surface area contributed by atoms with Gasteiger partial charge in [-0.1, -0.05) is 13.8 Å². The van der Waals surface area contributed by atoms with E-state index in [1.54, 1.807) is 11.0 Å². The third-order valence-corrected chi connectivity index (χ3v) is 5.85. The molecule has 2 amide bonds. The van der Waals surface area contributed by atoms with Gasteiger partial charge >= 0.3 is 0 Å². The number of morpholine rings is 1. The summed E-state index contributed by atoms with van der Waals surface area (Å²) >= 11 is 0. The molecule has 172 valence electrons. The molecule has 0 unspecified atom stereocenters. The maximum Gasteiger partial charge on any atom is 0.270 e. The summed E-state index contributed by atoms with van der Waals surface area (Å²) in [5, 5.41) is 17.8. The van der Waals surface area contributed by atoms with Crippen molar-refractivity contribution in [2.45, 2.75) is 45.7 Å². The topological polar surface area (TPSA) is 118 Å². The highest BCUT2D eigenvalue weighted by Gasteiger charge is 2.28. The van der Waals surface area contributed by atoms with Gasteiger partial charge in [0.05, 0.1) is 19.4 Å². The lowest BCUT2D eigenvalue weighted by atomic mass is 9.93. The molecule has 3 heterocycles. The quantitative estimate of drug-likeness (QED) is 0.644. The number of rotatable bonds is 6. The molecule has 0 atom stereocenters. The number of carbonyl (C=O) groups is 2. The van der Waals surface area contributed by atoms with E-state index in [0.717, 1.165) is 19.3 Å². The zero-order chi connectivity index (χ0) is 22.8. The Morgan fingerprint density at radius 3 is 2.66 bits per heavy atom. The highest BCUT2D eigenvalue weighted by Crippen LogP contribution is 2.23. The van der Waals surface area contributed by atoms with E-state index in [1.807, 2.05) is 13.8 Å². The molecular weight excluding hydrogens is 414 g/mol. The van der Waals surface area contributed by atoms with Gasteiger partial charge in [0.2, 0.25) is 11.8 Å². The van der Waals surface area contributed by atoms with Gasteiger partial charge in [-0.25, -0.2) is 0 Å². The summed E-state index contributed by atoms with van der Waals surface area (Å²) in [6, 6.07) is 0.0258. The monoisotopic (exact) mass is 443 g/mol. The second kappa shape index (κ2) is 9.15. The van der Waals surface area contributed by atoms with Gasteiger partial charge in [0.25, 0.3) is 11.5 Å². The van der Waals surface area contributed by atoms with Crippen LogP contribution in [0.2, 0.25) is 0 Å². The van der Waals surface area contributed by atoms with Crippen LogP contribution < -0.4 is 10.9 Å². The number of fused-ring (bicyclic) bond motifs is 1. The number of nitrogens with one attached hydrogen (secondary N) is 1. The van der Waals surface area contributed by atoms with Gasteiger partial charge in [-0.2, -0.15) is 9.61 Å². The predicted octanol–water partition coefficient (Wildman–Crippen LogP) is 1.01. The Morgan fingerprint density at radius 1 is 1.31 bits per heavy atom. The fourth-order valence-electron chi connectivity index (χ4n) is 3.92. The van der Waals surface area contributed by atoms with E-state index in [-0.39, 0.29) is 23.4 Å². The minimum absolute atomic E-state index is 0.0258. The van der Waals surface area contributed by atoms with Crippen LogP contribution in [0, 0.1) is 5.92 Å². The average Bonchev–Trinajstić information content (AvgIpc) is 3.17. The number of amides is 2. The molecule has 1 aliphatic carbocycles. The first-order valence-corrected chi connectivity index (χ1v) is 11.1. The van der Waals surface area contributed by atoms with Crippen LogP contribution in [0.5, 0.6) is 5.88 Å². The van der Waals surface area contributed by atoms with Crippen molar-refractivity contribution < 1.29 is 19.4 Å². The van der Waals surface area contributed by atoms with Gasteiger partial charge in [0.15, 0.2) is 5.56 Å². The first-order chi connectivity index (χ1) is 15.4. The number of aromatic nitrogens is 3. The van der Waals surface area contributed by atoms with E-state index in [1.165, 1.54) is 21.4 Å². The van der Waals surface area contributed by atoms with E-state index in [4.69, 9.17) is 4.74 Å². The third kappa shape index (κ3) is 4.27. The molecule has 2 aromatic rings. The van der Waals surface area contributed by atoms with Gasteiger partial charge in [-0.15, -0.1) is 0 Å². The maximum atomic E-state index is 13.3. The second-order valence-corrected chi connectivity index (χ2v) is 8.72. The molecule has 0 radical (unpaired) electrons. The summed E-state index contributed by atoms with van der Waals surface area (Å²) in [6.07, 6.45) is 7.25. The highest BCUT2D eigenvalue weighted by atomic mass is 16.5. The molecule has 1 saturated carbocycles. The fourth-order valence-corrected chi connectivity index (χ4v) is 3.92. The molecular formula is C22H29N5O5. The first-order valence-electron chi connectivity index (χ1n) is 11.1. The van der Waals surface area contributed by atoms with E-state index < -0.39 is 17.3 Å². The number of aromatic hydroxyl groups is 1. The summed E-state index contributed by atoms with van der Waals surface area (Å²) in [5.41, 5.74) is -0.0405. The maximum absolute atomic E-state index is 13.3. The van der Waals surface area contributed by atoms with E-state index in [0.29, 0.717) is 44.1 Å². The first kappa shape index (κ1) is 22.1. The van der Waals surface area contributed by atoms with Crippen molar-refractivity contribution >= 4 is 23.5 Å². The van der Waals surface area contributed by atoms with Crippen LogP contribution in [0.4, 0.5) is 0 Å². The van der Waals surface area contributed by atoms with Gasteiger partial charge in [-0.05, 0) is 31.3 Å².